The number of esters is 1. The Balaban J connectivity index is 2.83. The van der Waals surface area contributed by atoms with E-state index in [1.165, 1.54) is 7.11 Å². The van der Waals surface area contributed by atoms with Crippen molar-refractivity contribution in [2.24, 2.45) is 11.3 Å². The van der Waals surface area contributed by atoms with E-state index < -0.39 is 17.5 Å². The summed E-state index contributed by atoms with van der Waals surface area (Å²) in [6.07, 6.45) is 0.617. The van der Waals surface area contributed by atoms with E-state index in [1.807, 2.05) is 26.0 Å². The fourth-order valence-corrected chi connectivity index (χ4v) is 3.01. The lowest BCUT2D eigenvalue weighted by Crippen LogP contribution is -2.54. The van der Waals surface area contributed by atoms with Gasteiger partial charge in [0.05, 0.1) is 12.5 Å². The number of halogens is 1. The number of methoxy groups -OCH3 is 1. The number of benzene rings is 1. The van der Waals surface area contributed by atoms with Gasteiger partial charge in [0.15, 0.2) is 0 Å². The molecule has 6 nitrogen and oxygen atoms in total. The standard InChI is InChI=1S/C20H29IN2O4/c1-12(2)11-16(20(4,5)19(26)27-6)23-17(24)13(3)22-18(25)14-7-9-15(21)10-8-14/h7-10,12-13,16H,11H2,1-6H3,(H,22,25)(H,23,24)/t13-,16-/m0/s1. The van der Waals surface area contributed by atoms with E-state index in [0.717, 1.165) is 3.57 Å². The molecule has 0 spiro atoms. The van der Waals surface area contributed by atoms with Crippen LogP contribution in [0.5, 0.6) is 0 Å². The Labute approximate surface area is 175 Å². The van der Waals surface area contributed by atoms with Gasteiger partial charge in [0.25, 0.3) is 5.91 Å². The van der Waals surface area contributed by atoms with Gasteiger partial charge in [-0.05, 0) is 80.0 Å². The summed E-state index contributed by atoms with van der Waals surface area (Å²) in [5.41, 5.74) is -0.391. The first kappa shape index (κ1) is 23.4. The molecule has 1 aromatic carbocycles. The monoisotopic (exact) mass is 488 g/mol. The molecular weight excluding hydrogens is 459 g/mol. The topological polar surface area (TPSA) is 84.5 Å². The van der Waals surface area contributed by atoms with Gasteiger partial charge < -0.3 is 15.4 Å². The third-order valence-electron chi connectivity index (χ3n) is 4.45. The minimum atomic E-state index is -0.880. The van der Waals surface area contributed by atoms with Crippen molar-refractivity contribution in [2.75, 3.05) is 7.11 Å². The highest BCUT2D eigenvalue weighted by molar-refractivity contribution is 14.1. The van der Waals surface area contributed by atoms with Crippen molar-refractivity contribution < 1.29 is 19.1 Å². The largest absolute Gasteiger partial charge is 0.469 e. The first-order chi connectivity index (χ1) is 12.5. The quantitative estimate of drug-likeness (QED) is 0.435. The minimum Gasteiger partial charge on any atom is -0.469 e. The Bertz CT molecular complexity index is 671. The summed E-state index contributed by atoms with van der Waals surface area (Å²) in [6, 6.07) is 5.94. The zero-order chi connectivity index (χ0) is 20.8. The van der Waals surface area contributed by atoms with Crippen molar-refractivity contribution in [1.82, 2.24) is 10.6 Å². The molecule has 0 fully saturated rings. The summed E-state index contributed by atoms with van der Waals surface area (Å²) in [7, 11) is 1.34. The molecular formula is C20H29IN2O4. The molecule has 1 rings (SSSR count). The lowest BCUT2D eigenvalue weighted by molar-refractivity contribution is -0.153. The van der Waals surface area contributed by atoms with Crippen molar-refractivity contribution >= 4 is 40.4 Å². The van der Waals surface area contributed by atoms with Crippen LogP contribution < -0.4 is 10.6 Å². The van der Waals surface area contributed by atoms with Gasteiger partial charge in [0.1, 0.15) is 6.04 Å². The van der Waals surface area contributed by atoms with E-state index in [-0.39, 0.29) is 23.7 Å². The van der Waals surface area contributed by atoms with Crippen LogP contribution >= 0.6 is 22.6 Å². The van der Waals surface area contributed by atoms with Gasteiger partial charge in [0.2, 0.25) is 5.91 Å². The number of carbonyl (C=O) groups is 3. The lowest BCUT2D eigenvalue weighted by atomic mass is 9.80. The highest BCUT2D eigenvalue weighted by Crippen LogP contribution is 2.27. The number of hydrogen-bond acceptors (Lipinski definition) is 4. The molecule has 0 aliphatic carbocycles. The first-order valence-electron chi connectivity index (χ1n) is 8.94. The second kappa shape index (κ2) is 10.1. The summed E-state index contributed by atoms with van der Waals surface area (Å²) in [5, 5.41) is 5.61. The Morgan fingerprint density at radius 2 is 1.63 bits per heavy atom. The zero-order valence-electron chi connectivity index (χ0n) is 16.8. The maximum Gasteiger partial charge on any atom is 0.313 e. The van der Waals surface area contributed by atoms with E-state index in [2.05, 4.69) is 33.2 Å². The van der Waals surface area contributed by atoms with Crippen molar-refractivity contribution in [3.63, 3.8) is 0 Å². The summed E-state index contributed by atoms with van der Waals surface area (Å²) < 4.78 is 5.92. The molecule has 7 heteroatoms. The smallest absolute Gasteiger partial charge is 0.313 e. The maximum absolute atomic E-state index is 12.6. The fraction of sp³-hybridized carbons (Fsp3) is 0.550. The predicted molar refractivity (Wildman–Crippen MR) is 113 cm³/mol. The van der Waals surface area contributed by atoms with Crippen molar-refractivity contribution in [3.8, 4) is 0 Å². The SMILES string of the molecule is COC(=O)C(C)(C)[C@H](CC(C)C)NC(=O)[C@H](C)NC(=O)c1ccc(I)cc1. The Hall–Kier alpha value is -1.64. The van der Waals surface area contributed by atoms with Gasteiger partial charge in [-0.3, -0.25) is 14.4 Å². The second-order valence-corrected chi connectivity index (χ2v) is 8.85. The number of ether oxygens (including phenoxy) is 1. The molecule has 2 N–H and O–H groups in total. The van der Waals surface area contributed by atoms with Gasteiger partial charge in [-0.2, -0.15) is 0 Å². The normalized spacial score (nSPS) is 13.6. The predicted octanol–water partition coefficient (Wildman–Crippen LogP) is 3.14. The molecule has 2 atom stereocenters. The van der Waals surface area contributed by atoms with Gasteiger partial charge in [0, 0.05) is 15.2 Å². The average Bonchev–Trinajstić information content (AvgIpc) is 2.60. The van der Waals surface area contributed by atoms with Crippen LogP contribution in [-0.2, 0) is 14.3 Å². The molecule has 0 radical (unpaired) electrons. The van der Waals surface area contributed by atoms with Gasteiger partial charge in [-0.1, -0.05) is 13.8 Å². The number of amides is 2. The van der Waals surface area contributed by atoms with E-state index in [1.54, 1.807) is 32.9 Å². The van der Waals surface area contributed by atoms with Crippen LogP contribution in [0.15, 0.2) is 24.3 Å². The second-order valence-electron chi connectivity index (χ2n) is 7.61. The highest BCUT2D eigenvalue weighted by atomic mass is 127. The van der Waals surface area contributed by atoms with Crippen LogP contribution in [0, 0.1) is 14.9 Å². The third kappa shape index (κ3) is 6.79. The van der Waals surface area contributed by atoms with Crippen LogP contribution in [0.25, 0.3) is 0 Å². The van der Waals surface area contributed by atoms with E-state index >= 15 is 0 Å². The van der Waals surface area contributed by atoms with Crippen LogP contribution in [-0.4, -0.2) is 37.0 Å². The van der Waals surface area contributed by atoms with Crippen molar-refractivity contribution in [3.05, 3.63) is 33.4 Å². The van der Waals surface area contributed by atoms with Gasteiger partial charge in [-0.25, -0.2) is 0 Å². The highest BCUT2D eigenvalue weighted by Gasteiger charge is 2.39. The number of nitrogens with one attached hydrogen (secondary N) is 2. The Morgan fingerprint density at radius 1 is 1.07 bits per heavy atom. The number of carbonyl (C=O) groups excluding carboxylic acids is 3. The molecule has 0 bridgehead atoms. The average molecular weight is 488 g/mol. The summed E-state index contributed by atoms with van der Waals surface area (Å²) in [6.45, 7) is 9.17. The molecule has 0 heterocycles. The summed E-state index contributed by atoms with van der Waals surface area (Å²) >= 11 is 2.16. The van der Waals surface area contributed by atoms with Gasteiger partial charge in [-0.15, -0.1) is 0 Å². The minimum absolute atomic E-state index is 0.274. The number of hydrogen-bond donors (Lipinski definition) is 2. The molecule has 1 aromatic rings. The molecule has 0 saturated carbocycles. The van der Waals surface area contributed by atoms with E-state index in [4.69, 9.17) is 4.74 Å². The van der Waals surface area contributed by atoms with Crippen molar-refractivity contribution in [2.45, 2.75) is 53.1 Å². The summed E-state index contributed by atoms with van der Waals surface area (Å²) in [5.74, 6) is -0.766. The third-order valence-corrected chi connectivity index (χ3v) is 5.17. The molecule has 2 amide bonds. The molecule has 150 valence electrons. The lowest BCUT2D eigenvalue weighted by Gasteiger charge is -2.34. The van der Waals surface area contributed by atoms with Crippen LogP contribution in [0.3, 0.4) is 0 Å². The molecule has 0 aliphatic heterocycles. The fourth-order valence-electron chi connectivity index (χ4n) is 2.65. The van der Waals surface area contributed by atoms with E-state index in [9.17, 15) is 14.4 Å². The Kier molecular flexibility index (Phi) is 8.71. The van der Waals surface area contributed by atoms with Crippen molar-refractivity contribution in [1.29, 1.82) is 0 Å². The zero-order valence-corrected chi connectivity index (χ0v) is 18.9. The summed E-state index contributed by atoms with van der Waals surface area (Å²) in [4.78, 5) is 37.1. The Morgan fingerprint density at radius 3 is 2.11 bits per heavy atom. The van der Waals surface area contributed by atoms with E-state index in [0.29, 0.717) is 12.0 Å². The number of rotatable bonds is 8. The van der Waals surface area contributed by atoms with Gasteiger partial charge >= 0.3 is 5.97 Å². The van der Waals surface area contributed by atoms with Crippen LogP contribution in [0.4, 0.5) is 0 Å². The maximum atomic E-state index is 12.6. The molecule has 0 unspecified atom stereocenters. The molecule has 0 aliphatic rings. The van der Waals surface area contributed by atoms with Crippen LogP contribution in [0.2, 0.25) is 0 Å². The first-order valence-corrected chi connectivity index (χ1v) is 10.0. The molecule has 27 heavy (non-hydrogen) atoms. The van der Waals surface area contributed by atoms with Crippen LogP contribution in [0.1, 0.15) is 51.4 Å². The molecule has 0 saturated heterocycles. The molecule has 0 aromatic heterocycles.